The van der Waals surface area contributed by atoms with Crippen LogP contribution in [0.4, 0.5) is 4.79 Å². The molecule has 1 aromatic rings. The van der Waals surface area contributed by atoms with Crippen LogP contribution in [0.2, 0.25) is 0 Å². The predicted molar refractivity (Wildman–Crippen MR) is 102 cm³/mol. The molecule has 0 radical (unpaired) electrons. The summed E-state index contributed by atoms with van der Waals surface area (Å²) in [6, 6.07) is 2.64. The number of likely N-dealkylation sites (tertiary alicyclic amines) is 1. The van der Waals surface area contributed by atoms with Crippen molar-refractivity contribution in [3.8, 4) is 5.88 Å². The topological polar surface area (TPSA) is 94.9 Å². The van der Waals surface area contributed by atoms with E-state index in [0.29, 0.717) is 31.1 Å². The number of rotatable bonds is 5. The van der Waals surface area contributed by atoms with Crippen LogP contribution < -0.4 is 10.1 Å². The summed E-state index contributed by atoms with van der Waals surface area (Å²) in [5.74, 6) is 0.111. The molecule has 2 aliphatic rings. The number of piperidine rings is 1. The zero-order chi connectivity index (χ0) is 20.3. The van der Waals surface area contributed by atoms with Crippen LogP contribution in [0, 0.1) is 0 Å². The lowest BCUT2D eigenvalue weighted by molar-refractivity contribution is -0.401. The molecule has 3 rings (SSSR count). The van der Waals surface area contributed by atoms with E-state index in [4.69, 9.17) is 4.74 Å². The van der Waals surface area contributed by atoms with Crippen LogP contribution in [0.3, 0.4) is 0 Å². The fraction of sp³-hybridized carbons (Fsp3) is 0.526. The minimum Gasteiger partial charge on any atom is -0.478 e. The van der Waals surface area contributed by atoms with Gasteiger partial charge in [-0.25, -0.2) is 14.4 Å². The zero-order valence-electron chi connectivity index (χ0n) is 16.4. The minimum atomic E-state index is -0.445. The van der Waals surface area contributed by atoms with Crippen molar-refractivity contribution < 1.29 is 23.7 Å². The molecule has 9 nitrogen and oxygen atoms in total. The molecule has 28 heavy (non-hydrogen) atoms. The van der Waals surface area contributed by atoms with Crippen LogP contribution in [0.1, 0.15) is 30.1 Å². The van der Waals surface area contributed by atoms with E-state index < -0.39 is 6.04 Å². The van der Waals surface area contributed by atoms with Gasteiger partial charge in [0.15, 0.2) is 6.04 Å². The molecular weight excluding hydrogens is 362 g/mol. The van der Waals surface area contributed by atoms with Gasteiger partial charge in [0.1, 0.15) is 6.21 Å². The maximum absolute atomic E-state index is 12.4. The SMILES string of the molecule is CCOc1ccc(C(=O)NC2CCN(C3C=[N+](C)C(=O)N(C)C3=O)CC2)cn1. The van der Waals surface area contributed by atoms with Gasteiger partial charge in [0.25, 0.3) is 5.91 Å². The highest BCUT2D eigenvalue weighted by atomic mass is 16.5. The summed E-state index contributed by atoms with van der Waals surface area (Å²) in [7, 11) is 3.15. The monoisotopic (exact) mass is 388 g/mol. The van der Waals surface area contributed by atoms with Gasteiger partial charge in [-0.3, -0.25) is 9.69 Å². The van der Waals surface area contributed by atoms with Gasteiger partial charge < -0.3 is 10.1 Å². The molecule has 0 bridgehead atoms. The van der Waals surface area contributed by atoms with E-state index in [1.165, 1.54) is 17.8 Å². The third kappa shape index (κ3) is 4.19. The number of aromatic nitrogens is 1. The standard InChI is InChI=1S/C19H25N5O4/c1-4-28-16-6-5-13(11-20-16)17(25)21-14-7-9-24(10-8-14)15-12-22(2)19(27)23(3)18(15)26/h5-6,11-12,14-15H,4,7-10H2,1-3H3/p+1. The van der Waals surface area contributed by atoms with E-state index in [1.54, 1.807) is 25.4 Å². The Morgan fingerprint density at radius 1 is 1.32 bits per heavy atom. The first-order valence-corrected chi connectivity index (χ1v) is 9.43. The van der Waals surface area contributed by atoms with Crippen molar-refractivity contribution in [2.45, 2.75) is 31.8 Å². The third-order valence-electron chi connectivity index (χ3n) is 5.09. The summed E-state index contributed by atoms with van der Waals surface area (Å²) < 4.78 is 6.73. The molecule has 0 aliphatic carbocycles. The molecule has 1 N–H and O–H groups in total. The van der Waals surface area contributed by atoms with E-state index in [9.17, 15) is 14.4 Å². The molecule has 0 aromatic carbocycles. The van der Waals surface area contributed by atoms with Crippen molar-refractivity contribution >= 4 is 24.1 Å². The van der Waals surface area contributed by atoms with Gasteiger partial charge in [0, 0.05) is 31.4 Å². The van der Waals surface area contributed by atoms with Gasteiger partial charge in [-0.2, -0.15) is 9.69 Å². The number of nitrogens with one attached hydrogen (secondary N) is 1. The number of carbonyl (C=O) groups excluding carboxylic acids is 3. The predicted octanol–water partition coefficient (Wildman–Crippen LogP) is 0.348. The Morgan fingerprint density at radius 3 is 2.64 bits per heavy atom. The molecule has 1 unspecified atom stereocenters. The van der Waals surface area contributed by atoms with Gasteiger partial charge in [0.05, 0.1) is 26.3 Å². The Labute approximate surface area is 164 Å². The third-order valence-corrected chi connectivity index (χ3v) is 5.09. The summed E-state index contributed by atoms with van der Waals surface area (Å²) in [6.45, 7) is 3.73. The molecule has 150 valence electrons. The highest BCUT2D eigenvalue weighted by Crippen LogP contribution is 2.17. The van der Waals surface area contributed by atoms with Crippen molar-refractivity contribution in [2.75, 3.05) is 33.8 Å². The Kier molecular flexibility index (Phi) is 6.03. The van der Waals surface area contributed by atoms with Gasteiger partial charge in [-0.05, 0) is 25.8 Å². The Bertz CT molecular complexity index is 784. The van der Waals surface area contributed by atoms with Gasteiger partial charge in [0.2, 0.25) is 5.88 Å². The lowest BCUT2D eigenvalue weighted by Crippen LogP contribution is -2.59. The first-order chi connectivity index (χ1) is 13.4. The smallest absolute Gasteiger partial charge is 0.478 e. The van der Waals surface area contributed by atoms with Crippen LogP contribution in [0.25, 0.3) is 0 Å². The number of hydrogen-bond acceptors (Lipinski definition) is 6. The lowest BCUT2D eigenvalue weighted by atomic mass is 10.0. The Morgan fingerprint density at radius 2 is 2.04 bits per heavy atom. The second-order valence-electron chi connectivity index (χ2n) is 6.99. The van der Waals surface area contributed by atoms with Crippen molar-refractivity contribution in [2.24, 2.45) is 0 Å². The van der Waals surface area contributed by atoms with Crippen molar-refractivity contribution in [1.82, 2.24) is 20.1 Å². The second-order valence-corrected chi connectivity index (χ2v) is 6.99. The second kappa shape index (κ2) is 8.47. The number of imide groups is 1. The van der Waals surface area contributed by atoms with Crippen molar-refractivity contribution in [3.05, 3.63) is 23.9 Å². The van der Waals surface area contributed by atoms with Crippen LogP contribution in [0.5, 0.6) is 5.88 Å². The fourth-order valence-electron chi connectivity index (χ4n) is 3.46. The van der Waals surface area contributed by atoms with Crippen molar-refractivity contribution in [1.29, 1.82) is 0 Å². The fourth-order valence-corrected chi connectivity index (χ4v) is 3.46. The van der Waals surface area contributed by atoms with Crippen LogP contribution >= 0.6 is 0 Å². The molecule has 1 aromatic heterocycles. The van der Waals surface area contributed by atoms with Gasteiger partial charge >= 0.3 is 11.9 Å². The first kappa shape index (κ1) is 19.9. The number of hydrogen-bond donors (Lipinski definition) is 1. The highest BCUT2D eigenvalue weighted by molar-refractivity contribution is 6.06. The summed E-state index contributed by atoms with van der Waals surface area (Å²) >= 11 is 0. The summed E-state index contributed by atoms with van der Waals surface area (Å²) in [4.78, 5) is 44.0. The van der Waals surface area contributed by atoms with Crippen LogP contribution in [-0.2, 0) is 4.79 Å². The molecule has 0 spiro atoms. The van der Waals surface area contributed by atoms with Gasteiger partial charge in [-0.15, -0.1) is 0 Å². The number of pyridine rings is 1. The largest absolute Gasteiger partial charge is 0.500 e. The summed E-state index contributed by atoms with van der Waals surface area (Å²) in [6.07, 6.45) is 4.63. The maximum Gasteiger partial charge on any atom is 0.500 e. The highest BCUT2D eigenvalue weighted by Gasteiger charge is 2.42. The minimum absolute atomic E-state index is 0.0334. The number of carbonyl (C=O) groups is 3. The molecule has 1 atom stereocenters. The van der Waals surface area contributed by atoms with E-state index in [0.717, 1.165) is 17.7 Å². The Hall–Kier alpha value is -2.81. The van der Waals surface area contributed by atoms with E-state index in [2.05, 4.69) is 10.3 Å². The number of ether oxygens (including phenoxy) is 1. The Balaban J connectivity index is 1.54. The summed E-state index contributed by atoms with van der Waals surface area (Å²) in [5.41, 5.74) is 0.489. The van der Waals surface area contributed by atoms with Crippen LogP contribution in [-0.4, -0.2) is 89.3 Å². The quantitative estimate of drug-likeness (QED) is 0.732. The zero-order valence-corrected chi connectivity index (χ0v) is 16.4. The molecule has 1 fully saturated rings. The maximum atomic E-state index is 12.4. The van der Waals surface area contributed by atoms with Crippen molar-refractivity contribution in [3.63, 3.8) is 0 Å². The average Bonchev–Trinajstić information content (AvgIpc) is 2.70. The molecule has 9 heteroatoms. The van der Waals surface area contributed by atoms with E-state index >= 15 is 0 Å². The normalized spacial score (nSPS) is 21.5. The molecular formula is C19H26N5O4+. The summed E-state index contributed by atoms with van der Waals surface area (Å²) in [5, 5.41) is 3.03. The first-order valence-electron chi connectivity index (χ1n) is 9.43. The number of amides is 4. The number of nitrogens with zero attached hydrogens (tertiary/aromatic N) is 4. The average molecular weight is 388 g/mol. The number of urea groups is 1. The molecule has 2 aliphatic heterocycles. The number of likely N-dealkylation sites (N-methyl/N-ethyl adjacent to an activating group) is 1. The van der Waals surface area contributed by atoms with Crippen LogP contribution in [0.15, 0.2) is 18.3 Å². The molecule has 4 amide bonds. The van der Waals surface area contributed by atoms with E-state index in [1.807, 2.05) is 11.8 Å². The molecule has 0 saturated carbocycles. The molecule has 3 heterocycles. The van der Waals surface area contributed by atoms with Gasteiger partial charge in [-0.1, -0.05) is 0 Å². The lowest BCUT2D eigenvalue weighted by Gasteiger charge is -2.36. The molecule has 1 saturated heterocycles. The van der Waals surface area contributed by atoms with E-state index in [-0.39, 0.29) is 23.9 Å².